The van der Waals surface area contributed by atoms with Gasteiger partial charge in [-0.3, -0.25) is 9.59 Å². The number of anilines is 2. The zero-order valence-electron chi connectivity index (χ0n) is 22.8. The molecule has 0 atom stereocenters. The summed E-state index contributed by atoms with van der Waals surface area (Å²) in [6.45, 7) is 0.298. The molecule has 0 bridgehead atoms. The van der Waals surface area contributed by atoms with Gasteiger partial charge >= 0.3 is 0 Å². The highest BCUT2D eigenvalue weighted by Crippen LogP contribution is 2.41. The summed E-state index contributed by atoms with van der Waals surface area (Å²) in [5.74, 6) is 0.495. The zero-order chi connectivity index (χ0) is 29.2. The number of nitrogens with zero attached hydrogens (tertiary/aromatic N) is 3. The molecule has 2 amide bonds. The molecule has 0 saturated heterocycles. The lowest BCUT2D eigenvalue weighted by atomic mass is 10.0. The second-order valence-electron chi connectivity index (χ2n) is 9.46. The number of nitrogen functional groups attached to an aromatic ring is 1. The van der Waals surface area contributed by atoms with Crippen molar-refractivity contribution in [3.05, 3.63) is 95.5 Å². The van der Waals surface area contributed by atoms with Crippen LogP contribution >= 0.6 is 11.3 Å². The first-order valence-corrected chi connectivity index (χ1v) is 13.9. The van der Waals surface area contributed by atoms with Gasteiger partial charge in [-0.25, -0.2) is 4.98 Å². The lowest BCUT2D eigenvalue weighted by Gasteiger charge is -2.13. The molecule has 4 aromatic heterocycles. The van der Waals surface area contributed by atoms with E-state index in [0.717, 1.165) is 37.7 Å². The Morgan fingerprint density at radius 2 is 2.00 bits per heavy atom. The molecule has 0 fully saturated rings. The first kappa shape index (κ1) is 26.8. The highest BCUT2D eigenvalue weighted by atomic mass is 32.1. The number of thiophene rings is 1. The molecular formula is C31H26N6O4S. The number of carbonyl (C=O) groups is 2. The van der Waals surface area contributed by atoms with Gasteiger partial charge in [0.15, 0.2) is 0 Å². The Labute approximate surface area is 244 Å². The van der Waals surface area contributed by atoms with E-state index in [1.54, 1.807) is 24.6 Å². The lowest BCUT2D eigenvalue weighted by molar-refractivity contribution is 0.0920. The summed E-state index contributed by atoms with van der Waals surface area (Å²) in [4.78, 5) is 29.7. The van der Waals surface area contributed by atoms with Gasteiger partial charge in [0.2, 0.25) is 5.76 Å². The van der Waals surface area contributed by atoms with Gasteiger partial charge in [0.25, 0.3) is 11.8 Å². The molecule has 2 aromatic carbocycles. The van der Waals surface area contributed by atoms with Crippen LogP contribution in [0.3, 0.4) is 0 Å². The Balaban J connectivity index is 1.24. The van der Waals surface area contributed by atoms with E-state index in [9.17, 15) is 9.59 Å². The molecule has 0 spiro atoms. The van der Waals surface area contributed by atoms with Crippen molar-refractivity contribution in [1.82, 2.24) is 20.0 Å². The molecular weight excluding hydrogens is 552 g/mol. The second kappa shape index (κ2) is 11.2. The fraction of sp³-hybridized carbons (Fsp3) is 0.0968. The van der Waals surface area contributed by atoms with Gasteiger partial charge in [0.05, 0.1) is 19.0 Å². The molecule has 10 nitrogen and oxygen atoms in total. The van der Waals surface area contributed by atoms with Crippen molar-refractivity contribution in [3.8, 4) is 16.9 Å². The molecule has 6 rings (SSSR count). The smallest absolute Gasteiger partial charge is 0.290 e. The largest absolute Gasteiger partial charge is 0.495 e. The Kier molecular flexibility index (Phi) is 7.16. The molecule has 210 valence electrons. The van der Waals surface area contributed by atoms with E-state index in [1.165, 1.54) is 12.3 Å². The monoisotopic (exact) mass is 578 g/mol. The molecule has 0 saturated carbocycles. The Bertz CT molecular complexity index is 1970. The number of rotatable bonds is 8. The summed E-state index contributed by atoms with van der Waals surface area (Å²) in [6.07, 6.45) is 6.85. The summed E-state index contributed by atoms with van der Waals surface area (Å²) in [7, 11) is 3.44. The van der Waals surface area contributed by atoms with E-state index in [2.05, 4.69) is 20.8 Å². The number of aryl methyl sites for hydroxylation is 1. The average Bonchev–Trinajstić information content (AvgIpc) is 3.77. The van der Waals surface area contributed by atoms with Crippen LogP contribution in [-0.2, 0) is 7.05 Å². The molecule has 0 aliphatic rings. The van der Waals surface area contributed by atoms with Crippen molar-refractivity contribution in [2.45, 2.75) is 0 Å². The van der Waals surface area contributed by atoms with Crippen LogP contribution in [0.1, 0.15) is 26.6 Å². The molecule has 4 heterocycles. The number of methoxy groups -OCH3 is 1. The molecule has 0 aliphatic heterocycles. The summed E-state index contributed by atoms with van der Waals surface area (Å²) in [6, 6.07) is 16.8. The minimum Gasteiger partial charge on any atom is -0.495 e. The number of ether oxygens (including phenoxy) is 1. The van der Waals surface area contributed by atoms with Crippen molar-refractivity contribution in [3.63, 3.8) is 0 Å². The molecule has 0 aliphatic carbocycles. The number of hydrogen-bond donors (Lipinski definition) is 3. The molecule has 0 radical (unpaired) electrons. The highest BCUT2D eigenvalue weighted by molar-refractivity contribution is 7.18. The highest BCUT2D eigenvalue weighted by Gasteiger charge is 2.18. The Morgan fingerprint density at radius 3 is 2.79 bits per heavy atom. The number of fused-ring (bicyclic) bond motifs is 2. The number of carbonyl (C=O) groups excluding carboxylic acids is 2. The average molecular weight is 579 g/mol. The van der Waals surface area contributed by atoms with Crippen LogP contribution < -0.4 is 21.1 Å². The summed E-state index contributed by atoms with van der Waals surface area (Å²) in [5.41, 5.74) is 11.1. The summed E-state index contributed by atoms with van der Waals surface area (Å²) >= 11 is 1.55. The standard InChI is InChI=1S/C31H26N6O4S/c1-37-23-8-4-3-6-19(23)14-24(37)30(38)36-22-10-9-18(15-26(22)40-2)21-17-42-28-20(16-34-29(32)27(21)28)7-5-12-33-31(39)25-11-13-35-41-25/h3-11,13-17H,12H2,1-2H3,(H2,32,34)(H,33,39)(H,36,38)/b7-5+. The van der Waals surface area contributed by atoms with Crippen molar-refractivity contribution in [1.29, 1.82) is 0 Å². The molecule has 6 aromatic rings. The number of pyridine rings is 1. The van der Waals surface area contributed by atoms with Gasteiger partial charge in [0.1, 0.15) is 17.3 Å². The fourth-order valence-electron chi connectivity index (χ4n) is 4.83. The van der Waals surface area contributed by atoms with Crippen LogP contribution in [0.4, 0.5) is 11.5 Å². The van der Waals surface area contributed by atoms with E-state index < -0.39 is 0 Å². The maximum atomic E-state index is 13.2. The van der Waals surface area contributed by atoms with E-state index in [0.29, 0.717) is 29.5 Å². The number of aromatic nitrogens is 3. The first-order valence-electron chi connectivity index (χ1n) is 13.0. The van der Waals surface area contributed by atoms with Gasteiger partial charge in [-0.15, -0.1) is 11.3 Å². The predicted octanol–water partition coefficient (Wildman–Crippen LogP) is 5.73. The number of nitrogens with one attached hydrogen (secondary N) is 2. The zero-order valence-corrected chi connectivity index (χ0v) is 23.6. The Morgan fingerprint density at radius 1 is 1.14 bits per heavy atom. The van der Waals surface area contributed by atoms with Crippen LogP contribution in [0.25, 0.3) is 38.2 Å². The number of para-hydroxylation sites is 1. The third-order valence-electron chi connectivity index (χ3n) is 6.94. The third-order valence-corrected chi connectivity index (χ3v) is 7.97. The van der Waals surface area contributed by atoms with Gasteiger partial charge in [-0.2, -0.15) is 0 Å². The van der Waals surface area contributed by atoms with E-state index in [4.69, 9.17) is 15.0 Å². The van der Waals surface area contributed by atoms with Crippen molar-refractivity contribution < 1.29 is 18.8 Å². The van der Waals surface area contributed by atoms with Crippen molar-refractivity contribution in [2.75, 3.05) is 24.7 Å². The van der Waals surface area contributed by atoms with E-state index in [-0.39, 0.29) is 17.6 Å². The minimum absolute atomic E-state index is 0.150. The maximum Gasteiger partial charge on any atom is 0.290 e. The fourth-order valence-corrected chi connectivity index (χ4v) is 5.91. The SMILES string of the molecule is COc1cc(-c2csc3c(/C=C/CNC(=O)c4ccno4)cnc(N)c23)ccc1NC(=O)c1cc2ccccc2n1C. The van der Waals surface area contributed by atoms with Crippen molar-refractivity contribution >= 4 is 61.7 Å². The van der Waals surface area contributed by atoms with Crippen LogP contribution in [0.2, 0.25) is 0 Å². The minimum atomic E-state index is -0.346. The number of amides is 2. The topological polar surface area (TPSA) is 137 Å². The van der Waals surface area contributed by atoms with E-state index >= 15 is 0 Å². The number of benzene rings is 2. The first-order chi connectivity index (χ1) is 20.4. The summed E-state index contributed by atoms with van der Waals surface area (Å²) in [5, 5.41) is 13.1. The number of hydrogen-bond acceptors (Lipinski definition) is 8. The molecule has 11 heteroatoms. The third kappa shape index (κ3) is 4.97. The van der Waals surface area contributed by atoms with Gasteiger partial charge in [-0.05, 0) is 35.2 Å². The summed E-state index contributed by atoms with van der Waals surface area (Å²) < 4.78 is 13.4. The number of nitrogens with two attached hydrogens (primary N) is 1. The van der Waals surface area contributed by atoms with Gasteiger partial charge in [0, 0.05) is 58.0 Å². The normalized spacial score (nSPS) is 11.4. The second-order valence-corrected chi connectivity index (χ2v) is 10.3. The predicted molar refractivity (Wildman–Crippen MR) is 165 cm³/mol. The van der Waals surface area contributed by atoms with Crippen LogP contribution in [0.15, 0.2) is 83.0 Å². The quantitative estimate of drug-likeness (QED) is 0.210. The van der Waals surface area contributed by atoms with Gasteiger partial charge < -0.3 is 30.2 Å². The lowest BCUT2D eigenvalue weighted by Crippen LogP contribution is -2.22. The van der Waals surface area contributed by atoms with Gasteiger partial charge in [-0.1, -0.05) is 41.6 Å². The van der Waals surface area contributed by atoms with Crippen molar-refractivity contribution in [2.24, 2.45) is 7.05 Å². The van der Waals surface area contributed by atoms with Crippen LogP contribution in [0, 0.1) is 0 Å². The van der Waals surface area contributed by atoms with E-state index in [1.807, 2.05) is 77.7 Å². The maximum absolute atomic E-state index is 13.2. The molecule has 42 heavy (non-hydrogen) atoms. The Hall–Kier alpha value is -5.42. The van der Waals surface area contributed by atoms with Crippen LogP contribution in [0.5, 0.6) is 5.75 Å². The molecule has 4 N–H and O–H groups in total. The van der Waals surface area contributed by atoms with Crippen LogP contribution in [-0.4, -0.2) is 40.2 Å². The molecule has 0 unspecified atom stereocenters.